The molecule has 1 N–H and O–H groups in total. The van der Waals surface area contributed by atoms with Crippen molar-refractivity contribution in [1.29, 1.82) is 0 Å². The number of halogens is 2. The van der Waals surface area contributed by atoms with E-state index in [9.17, 15) is 9.59 Å². The van der Waals surface area contributed by atoms with Gasteiger partial charge in [0, 0.05) is 5.02 Å². The SMILES string of the molecule is CCOC(=O)CNC(=O)C(C)Oc1ccc(Cl)cc1Br. The van der Waals surface area contributed by atoms with Crippen LogP contribution in [-0.2, 0) is 14.3 Å². The molecule has 1 unspecified atom stereocenters. The molecule has 0 heterocycles. The van der Waals surface area contributed by atoms with E-state index in [1.165, 1.54) is 0 Å². The van der Waals surface area contributed by atoms with Gasteiger partial charge in [0.2, 0.25) is 0 Å². The largest absolute Gasteiger partial charge is 0.480 e. The average molecular weight is 365 g/mol. The molecule has 0 saturated heterocycles. The van der Waals surface area contributed by atoms with Crippen molar-refractivity contribution in [2.75, 3.05) is 13.2 Å². The summed E-state index contributed by atoms with van der Waals surface area (Å²) in [5.74, 6) is -0.395. The zero-order valence-corrected chi connectivity index (χ0v) is 13.5. The third-order valence-electron chi connectivity index (χ3n) is 2.28. The first-order valence-electron chi connectivity index (χ1n) is 5.99. The number of nitrogens with one attached hydrogen (secondary N) is 1. The smallest absolute Gasteiger partial charge is 0.325 e. The Labute approximate surface area is 130 Å². The lowest BCUT2D eigenvalue weighted by Gasteiger charge is -2.15. The summed E-state index contributed by atoms with van der Waals surface area (Å²) in [6, 6.07) is 4.98. The Balaban J connectivity index is 2.51. The Kier molecular flexibility index (Phi) is 6.81. The van der Waals surface area contributed by atoms with E-state index in [2.05, 4.69) is 21.2 Å². The summed E-state index contributed by atoms with van der Waals surface area (Å²) < 4.78 is 10.8. The van der Waals surface area contributed by atoms with Gasteiger partial charge in [-0.25, -0.2) is 0 Å². The van der Waals surface area contributed by atoms with Gasteiger partial charge in [0.05, 0.1) is 11.1 Å². The van der Waals surface area contributed by atoms with E-state index < -0.39 is 18.0 Å². The van der Waals surface area contributed by atoms with Crippen molar-refractivity contribution in [2.45, 2.75) is 20.0 Å². The third kappa shape index (κ3) is 5.38. The minimum Gasteiger partial charge on any atom is -0.480 e. The van der Waals surface area contributed by atoms with Crippen molar-refractivity contribution in [3.8, 4) is 5.75 Å². The normalized spacial score (nSPS) is 11.6. The molecule has 0 aliphatic rings. The summed E-state index contributed by atoms with van der Waals surface area (Å²) in [6.07, 6.45) is -0.748. The summed E-state index contributed by atoms with van der Waals surface area (Å²) in [5, 5.41) is 3.00. The molecule has 0 spiro atoms. The third-order valence-corrected chi connectivity index (χ3v) is 3.13. The molecule has 0 aliphatic carbocycles. The second kappa shape index (κ2) is 8.11. The van der Waals surface area contributed by atoms with Gasteiger partial charge in [-0.1, -0.05) is 11.6 Å². The topological polar surface area (TPSA) is 64.6 Å². The van der Waals surface area contributed by atoms with Gasteiger partial charge < -0.3 is 14.8 Å². The van der Waals surface area contributed by atoms with Gasteiger partial charge >= 0.3 is 5.97 Å². The van der Waals surface area contributed by atoms with Crippen molar-refractivity contribution in [3.63, 3.8) is 0 Å². The zero-order chi connectivity index (χ0) is 15.1. The first-order chi connectivity index (χ1) is 9.43. The van der Waals surface area contributed by atoms with E-state index in [-0.39, 0.29) is 13.2 Å². The van der Waals surface area contributed by atoms with Gasteiger partial charge in [-0.3, -0.25) is 9.59 Å². The highest BCUT2D eigenvalue weighted by molar-refractivity contribution is 9.10. The Morgan fingerprint density at radius 3 is 2.75 bits per heavy atom. The van der Waals surface area contributed by atoms with Gasteiger partial charge in [-0.05, 0) is 48.0 Å². The molecule has 1 aromatic carbocycles. The van der Waals surface area contributed by atoms with Crippen molar-refractivity contribution in [1.82, 2.24) is 5.32 Å². The molecule has 0 saturated carbocycles. The van der Waals surface area contributed by atoms with Gasteiger partial charge in [0.1, 0.15) is 12.3 Å². The summed E-state index contributed by atoms with van der Waals surface area (Å²) >= 11 is 9.11. The summed E-state index contributed by atoms with van der Waals surface area (Å²) in [5.41, 5.74) is 0. The number of hydrogen-bond acceptors (Lipinski definition) is 4. The van der Waals surface area contributed by atoms with Crippen LogP contribution in [0.4, 0.5) is 0 Å². The van der Waals surface area contributed by atoms with Crippen molar-refractivity contribution < 1.29 is 19.1 Å². The van der Waals surface area contributed by atoms with Crippen LogP contribution < -0.4 is 10.1 Å². The molecular formula is C13H15BrClNO4. The molecule has 110 valence electrons. The van der Waals surface area contributed by atoms with E-state index >= 15 is 0 Å². The Morgan fingerprint density at radius 1 is 1.45 bits per heavy atom. The fourth-order valence-electron chi connectivity index (χ4n) is 1.33. The second-order valence-corrected chi connectivity index (χ2v) is 5.15. The fraction of sp³-hybridized carbons (Fsp3) is 0.385. The highest BCUT2D eigenvalue weighted by atomic mass is 79.9. The van der Waals surface area contributed by atoms with Crippen LogP contribution >= 0.6 is 27.5 Å². The Hall–Kier alpha value is -1.27. The molecule has 0 aliphatic heterocycles. The average Bonchev–Trinajstić information content (AvgIpc) is 2.39. The molecular weight excluding hydrogens is 350 g/mol. The summed E-state index contributed by atoms with van der Waals surface area (Å²) in [6.45, 7) is 3.38. The molecule has 0 fully saturated rings. The van der Waals surface area contributed by atoms with Gasteiger partial charge in [0.25, 0.3) is 5.91 Å². The highest BCUT2D eigenvalue weighted by Crippen LogP contribution is 2.28. The molecule has 1 atom stereocenters. The standard InChI is InChI=1S/C13H15BrClNO4/c1-3-19-12(17)7-16-13(18)8(2)20-11-5-4-9(15)6-10(11)14/h4-6,8H,3,7H2,1-2H3,(H,16,18). The van der Waals surface area contributed by atoms with E-state index in [1.54, 1.807) is 32.0 Å². The highest BCUT2D eigenvalue weighted by Gasteiger charge is 2.17. The monoisotopic (exact) mass is 363 g/mol. The molecule has 1 rings (SSSR count). The van der Waals surface area contributed by atoms with E-state index in [0.717, 1.165) is 0 Å². The van der Waals surface area contributed by atoms with Crippen molar-refractivity contribution in [3.05, 3.63) is 27.7 Å². The lowest BCUT2D eigenvalue weighted by atomic mass is 10.3. The maximum atomic E-state index is 11.7. The number of ether oxygens (including phenoxy) is 2. The first kappa shape index (κ1) is 16.8. The van der Waals surface area contributed by atoms with Crippen molar-refractivity contribution in [2.24, 2.45) is 0 Å². The number of carbonyl (C=O) groups is 2. The van der Waals surface area contributed by atoms with E-state index in [1.807, 2.05) is 0 Å². The molecule has 1 amide bonds. The number of amides is 1. The molecule has 0 radical (unpaired) electrons. The van der Waals surface area contributed by atoms with Crippen LogP contribution in [-0.4, -0.2) is 31.1 Å². The molecule has 1 aromatic rings. The number of esters is 1. The Bertz CT molecular complexity index is 495. The lowest BCUT2D eigenvalue weighted by Crippen LogP contribution is -2.39. The zero-order valence-electron chi connectivity index (χ0n) is 11.1. The van der Waals surface area contributed by atoms with E-state index in [4.69, 9.17) is 21.1 Å². The minimum absolute atomic E-state index is 0.178. The second-order valence-electron chi connectivity index (χ2n) is 3.86. The number of carbonyl (C=O) groups excluding carboxylic acids is 2. The first-order valence-corrected chi connectivity index (χ1v) is 7.16. The molecule has 5 nitrogen and oxygen atoms in total. The molecule has 20 heavy (non-hydrogen) atoms. The predicted octanol–water partition coefficient (Wildman–Crippen LogP) is 2.55. The van der Waals surface area contributed by atoms with E-state index in [0.29, 0.717) is 15.2 Å². The van der Waals surface area contributed by atoms with Crippen LogP contribution in [0.1, 0.15) is 13.8 Å². The van der Waals surface area contributed by atoms with Crippen LogP contribution in [0.25, 0.3) is 0 Å². The number of rotatable bonds is 6. The van der Waals surface area contributed by atoms with Crippen LogP contribution in [0, 0.1) is 0 Å². The maximum absolute atomic E-state index is 11.7. The number of hydrogen-bond donors (Lipinski definition) is 1. The van der Waals surface area contributed by atoms with Crippen molar-refractivity contribution >= 4 is 39.4 Å². The quantitative estimate of drug-likeness (QED) is 0.788. The van der Waals surface area contributed by atoms with Gasteiger partial charge in [0.15, 0.2) is 6.10 Å². The Morgan fingerprint density at radius 2 is 2.15 bits per heavy atom. The molecule has 7 heteroatoms. The fourth-order valence-corrected chi connectivity index (χ4v) is 2.11. The van der Waals surface area contributed by atoms with Gasteiger partial charge in [-0.15, -0.1) is 0 Å². The molecule has 0 bridgehead atoms. The predicted molar refractivity (Wildman–Crippen MR) is 78.9 cm³/mol. The summed E-state index contributed by atoms with van der Waals surface area (Å²) in [4.78, 5) is 22.9. The molecule has 0 aromatic heterocycles. The van der Waals surface area contributed by atoms with Crippen LogP contribution in [0.15, 0.2) is 22.7 Å². The lowest BCUT2D eigenvalue weighted by molar-refractivity contribution is -0.144. The van der Waals surface area contributed by atoms with Crippen LogP contribution in [0.5, 0.6) is 5.75 Å². The summed E-state index contributed by atoms with van der Waals surface area (Å²) in [7, 11) is 0. The minimum atomic E-state index is -0.748. The van der Waals surface area contributed by atoms with Crippen LogP contribution in [0.2, 0.25) is 5.02 Å². The number of benzene rings is 1. The maximum Gasteiger partial charge on any atom is 0.325 e. The van der Waals surface area contributed by atoms with Crippen LogP contribution in [0.3, 0.4) is 0 Å². The van der Waals surface area contributed by atoms with Gasteiger partial charge in [-0.2, -0.15) is 0 Å².